The van der Waals surface area contributed by atoms with Gasteiger partial charge in [0.1, 0.15) is 0 Å². The van der Waals surface area contributed by atoms with Crippen molar-refractivity contribution in [3.8, 4) is 46.8 Å². The van der Waals surface area contributed by atoms with Crippen molar-refractivity contribution in [1.29, 1.82) is 21.0 Å². The minimum Gasteiger partial charge on any atom is -0.309 e. The van der Waals surface area contributed by atoms with Crippen molar-refractivity contribution in [1.82, 2.24) is 9.13 Å². The molecule has 0 aliphatic rings. The zero-order valence-corrected chi connectivity index (χ0v) is 24.2. The Labute approximate surface area is 263 Å². The smallest absolute Gasteiger partial charge is 0.0998 e. The maximum atomic E-state index is 10.4. The van der Waals surface area contributed by atoms with E-state index in [0.717, 1.165) is 60.5 Å². The van der Waals surface area contributed by atoms with Gasteiger partial charge in [0.25, 0.3) is 0 Å². The van der Waals surface area contributed by atoms with Crippen LogP contribution in [0.5, 0.6) is 0 Å². The standard InChI is InChI=1S/C40H20N6/c41-21-25-9-14-38-33(17-25)30-5-1-3-7-36(30)45(38)29-13-12-28(24-44)32(20-29)35-19-27(23-43)11-16-40(35)46-37-8-4-2-6-31(37)34-18-26(22-42)10-15-39(34)46/h1-20H. The van der Waals surface area contributed by atoms with Crippen LogP contribution in [-0.4, -0.2) is 9.13 Å². The summed E-state index contributed by atoms with van der Waals surface area (Å²) in [6.45, 7) is 0. The van der Waals surface area contributed by atoms with Gasteiger partial charge in [-0.25, -0.2) is 0 Å². The Kier molecular flexibility index (Phi) is 5.91. The molecule has 2 aromatic heterocycles. The Balaban J connectivity index is 1.45. The average Bonchev–Trinajstić information content (AvgIpc) is 3.63. The molecule has 6 nitrogen and oxygen atoms in total. The zero-order chi connectivity index (χ0) is 31.4. The van der Waals surface area contributed by atoms with E-state index in [1.165, 1.54) is 0 Å². The summed E-state index contributed by atoms with van der Waals surface area (Å²) in [4.78, 5) is 0. The molecule has 210 valence electrons. The van der Waals surface area contributed by atoms with Gasteiger partial charge in [0.2, 0.25) is 0 Å². The highest BCUT2D eigenvalue weighted by molar-refractivity contribution is 6.11. The summed E-state index contributed by atoms with van der Waals surface area (Å²) in [7, 11) is 0. The van der Waals surface area contributed by atoms with Crippen molar-refractivity contribution < 1.29 is 0 Å². The van der Waals surface area contributed by atoms with Crippen LogP contribution in [0.1, 0.15) is 22.3 Å². The Morgan fingerprint density at radius 3 is 1.52 bits per heavy atom. The van der Waals surface area contributed by atoms with Crippen LogP contribution in [-0.2, 0) is 0 Å². The van der Waals surface area contributed by atoms with Crippen molar-refractivity contribution in [3.05, 3.63) is 144 Å². The molecule has 0 bridgehead atoms. The molecule has 0 radical (unpaired) electrons. The van der Waals surface area contributed by atoms with Crippen molar-refractivity contribution >= 4 is 43.6 Å². The number of fused-ring (bicyclic) bond motifs is 6. The highest BCUT2D eigenvalue weighted by Crippen LogP contribution is 2.40. The number of aromatic nitrogens is 2. The summed E-state index contributed by atoms with van der Waals surface area (Å²) in [5.74, 6) is 0. The van der Waals surface area contributed by atoms with Gasteiger partial charge in [0.15, 0.2) is 0 Å². The monoisotopic (exact) mass is 584 g/mol. The average molecular weight is 585 g/mol. The minimum atomic E-state index is 0.472. The van der Waals surface area contributed by atoms with Gasteiger partial charge in [0.05, 0.1) is 74.3 Å². The maximum Gasteiger partial charge on any atom is 0.0998 e. The second kappa shape index (κ2) is 10.3. The Bertz CT molecular complexity index is 2750. The SMILES string of the molecule is N#Cc1ccc(-n2c3ccccc3c3cc(C#N)ccc32)c(-c2cc(-n3c4ccccc4c4cc(C#N)ccc43)ccc2C#N)c1. The summed E-state index contributed by atoms with van der Waals surface area (Å²) in [6, 6.07) is 47.9. The van der Waals surface area contributed by atoms with E-state index in [9.17, 15) is 21.0 Å². The van der Waals surface area contributed by atoms with Crippen LogP contribution in [0, 0.1) is 45.3 Å². The molecule has 0 amide bonds. The van der Waals surface area contributed by atoms with Crippen LogP contribution in [0.2, 0.25) is 0 Å². The molecule has 0 N–H and O–H groups in total. The Hall–Kier alpha value is -7.12. The molecule has 0 aliphatic heterocycles. The van der Waals surface area contributed by atoms with Crippen LogP contribution in [0.15, 0.2) is 121 Å². The predicted molar refractivity (Wildman–Crippen MR) is 179 cm³/mol. The van der Waals surface area contributed by atoms with E-state index in [-0.39, 0.29) is 0 Å². The van der Waals surface area contributed by atoms with Gasteiger partial charge in [-0.05, 0) is 84.9 Å². The molecule has 8 aromatic rings. The maximum absolute atomic E-state index is 10.4. The second-order valence-corrected chi connectivity index (χ2v) is 11.1. The van der Waals surface area contributed by atoms with Gasteiger partial charge in [-0.15, -0.1) is 0 Å². The largest absolute Gasteiger partial charge is 0.309 e. The summed E-state index contributed by atoms with van der Waals surface area (Å²) in [5.41, 5.74) is 8.96. The van der Waals surface area contributed by atoms with Crippen LogP contribution in [0.4, 0.5) is 0 Å². The van der Waals surface area contributed by atoms with Crippen molar-refractivity contribution in [2.45, 2.75) is 0 Å². The van der Waals surface area contributed by atoms with Crippen molar-refractivity contribution in [2.75, 3.05) is 0 Å². The van der Waals surface area contributed by atoms with E-state index in [4.69, 9.17) is 0 Å². The van der Waals surface area contributed by atoms with Crippen molar-refractivity contribution in [3.63, 3.8) is 0 Å². The quantitative estimate of drug-likeness (QED) is 0.207. The van der Waals surface area contributed by atoms with Crippen LogP contribution >= 0.6 is 0 Å². The summed E-state index contributed by atoms with van der Waals surface area (Å²) in [6.07, 6.45) is 0. The first-order valence-electron chi connectivity index (χ1n) is 14.6. The molecule has 0 fully saturated rings. The number of nitrogens with zero attached hydrogens (tertiary/aromatic N) is 6. The van der Waals surface area contributed by atoms with Crippen LogP contribution < -0.4 is 0 Å². The lowest BCUT2D eigenvalue weighted by atomic mass is 9.96. The molecule has 6 aromatic carbocycles. The number of benzene rings is 6. The number of hydrogen-bond donors (Lipinski definition) is 0. The topological polar surface area (TPSA) is 105 Å². The minimum absolute atomic E-state index is 0.472. The molecule has 0 saturated carbocycles. The van der Waals surface area contributed by atoms with Gasteiger partial charge < -0.3 is 9.13 Å². The Morgan fingerprint density at radius 2 is 0.913 bits per heavy atom. The predicted octanol–water partition coefficient (Wildman–Crippen LogP) is 9.03. The summed E-state index contributed by atoms with van der Waals surface area (Å²) < 4.78 is 4.29. The molecule has 2 heterocycles. The normalized spacial score (nSPS) is 11.0. The highest BCUT2D eigenvalue weighted by Gasteiger charge is 2.20. The zero-order valence-electron chi connectivity index (χ0n) is 24.2. The van der Waals surface area contributed by atoms with Crippen molar-refractivity contribution in [2.24, 2.45) is 0 Å². The summed E-state index contributed by atoms with van der Waals surface area (Å²) >= 11 is 0. The molecule has 46 heavy (non-hydrogen) atoms. The molecular formula is C40H20N6. The van der Waals surface area contributed by atoms with E-state index in [1.54, 1.807) is 6.07 Å². The lowest BCUT2D eigenvalue weighted by Gasteiger charge is -2.17. The van der Waals surface area contributed by atoms with E-state index >= 15 is 0 Å². The molecule has 0 aliphatic carbocycles. The fraction of sp³-hybridized carbons (Fsp3) is 0. The lowest BCUT2D eigenvalue weighted by molar-refractivity contribution is 1.17. The third-order valence-electron chi connectivity index (χ3n) is 8.64. The number of para-hydroxylation sites is 2. The molecular weight excluding hydrogens is 564 g/mol. The molecule has 0 unspecified atom stereocenters. The van der Waals surface area contributed by atoms with E-state index in [0.29, 0.717) is 27.8 Å². The van der Waals surface area contributed by atoms with Gasteiger partial charge in [-0.3, -0.25) is 0 Å². The van der Waals surface area contributed by atoms with Gasteiger partial charge in [0, 0.05) is 38.4 Å². The third-order valence-corrected chi connectivity index (χ3v) is 8.64. The first kappa shape index (κ1) is 26.5. The number of rotatable bonds is 3. The second-order valence-electron chi connectivity index (χ2n) is 11.1. The number of hydrogen-bond acceptors (Lipinski definition) is 4. The molecule has 0 saturated heterocycles. The summed E-state index contributed by atoms with van der Waals surface area (Å²) in [5, 5.41) is 43.5. The first-order chi connectivity index (χ1) is 22.6. The molecule has 0 atom stereocenters. The van der Waals surface area contributed by atoms with Gasteiger partial charge in [-0.1, -0.05) is 36.4 Å². The first-order valence-corrected chi connectivity index (χ1v) is 14.6. The van der Waals surface area contributed by atoms with E-state index < -0.39 is 0 Å². The fourth-order valence-electron chi connectivity index (χ4n) is 6.63. The lowest BCUT2D eigenvalue weighted by Crippen LogP contribution is -2.01. The van der Waals surface area contributed by atoms with Crippen LogP contribution in [0.25, 0.3) is 66.1 Å². The Morgan fingerprint density at radius 1 is 0.391 bits per heavy atom. The molecule has 6 heteroatoms. The fourth-order valence-corrected chi connectivity index (χ4v) is 6.63. The van der Waals surface area contributed by atoms with E-state index in [2.05, 4.69) is 39.5 Å². The third kappa shape index (κ3) is 3.86. The van der Waals surface area contributed by atoms with Gasteiger partial charge >= 0.3 is 0 Å². The molecule has 8 rings (SSSR count). The van der Waals surface area contributed by atoms with E-state index in [1.807, 2.05) is 109 Å². The number of nitriles is 4. The van der Waals surface area contributed by atoms with Crippen LogP contribution in [0.3, 0.4) is 0 Å². The van der Waals surface area contributed by atoms with Gasteiger partial charge in [-0.2, -0.15) is 21.0 Å². The highest BCUT2D eigenvalue weighted by atomic mass is 15.0. The molecule has 0 spiro atoms.